The van der Waals surface area contributed by atoms with E-state index >= 15 is 0 Å². The Morgan fingerprint density at radius 1 is 0.939 bits per heavy atom. The zero-order valence-corrected chi connectivity index (χ0v) is 17.4. The molecule has 1 aliphatic rings. The van der Waals surface area contributed by atoms with Crippen LogP contribution in [0.3, 0.4) is 0 Å². The van der Waals surface area contributed by atoms with Crippen molar-refractivity contribution in [3.63, 3.8) is 0 Å². The number of phenolic OH excluding ortho intramolecular Hbond substituents is 3. The summed E-state index contributed by atoms with van der Waals surface area (Å²) in [4.78, 5) is 25.3. The van der Waals surface area contributed by atoms with Crippen LogP contribution in [0.4, 0.5) is 0 Å². The van der Waals surface area contributed by atoms with E-state index < -0.39 is 17.3 Å². The Bertz CT molecular complexity index is 1470. The standard InChI is InChI=1S/C25H18O8/c1-31-20-8-13(4-7-16(20)27)15-9-22(30)32-21-11-18(29)24-17(28)10-19(33-25(24)23(15)21)12-2-5-14(26)6-3-12/h2-8,10-11,15,26-27,29H,9H2,1H3/t15-/m1/s1. The number of aromatic hydroxyl groups is 3. The third-order valence-electron chi connectivity index (χ3n) is 5.68. The molecule has 0 spiro atoms. The summed E-state index contributed by atoms with van der Waals surface area (Å²) in [6.45, 7) is 0. The maximum atomic E-state index is 13.0. The van der Waals surface area contributed by atoms with E-state index in [-0.39, 0.29) is 51.9 Å². The molecule has 0 saturated carbocycles. The first-order valence-corrected chi connectivity index (χ1v) is 10.1. The normalized spacial score (nSPS) is 15.2. The van der Waals surface area contributed by atoms with Crippen LogP contribution in [0.2, 0.25) is 0 Å². The number of hydrogen-bond donors (Lipinski definition) is 3. The molecule has 166 valence electrons. The topological polar surface area (TPSA) is 126 Å². The predicted octanol–water partition coefficient (Wildman–Crippen LogP) is 4.03. The van der Waals surface area contributed by atoms with Crippen molar-refractivity contribution in [2.24, 2.45) is 0 Å². The molecular formula is C25H18O8. The van der Waals surface area contributed by atoms with Crippen LogP contribution in [0.15, 0.2) is 63.8 Å². The number of esters is 1. The van der Waals surface area contributed by atoms with Gasteiger partial charge in [-0.15, -0.1) is 0 Å². The molecule has 0 radical (unpaired) electrons. The van der Waals surface area contributed by atoms with Gasteiger partial charge in [0.05, 0.1) is 13.5 Å². The number of fused-ring (bicyclic) bond motifs is 3. The molecule has 0 aliphatic carbocycles. The quantitative estimate of drug-likeness (QED) is 0.318. The number of carbonyl (C=O) groups excluding carboxylic acids is 1. The first-order chi connectivity index (χ1) is 15.9. The van der Waals surface area contributed by atoms with Crippen molar-refractivity contribution in [1.82, 2.24) is 0 Å². The first-order valence-electron chi connectivity index (χ1n) is 10.1. The lowest BCUT2D eigenvalue weighted by molar-refractivity contribution is -0.135. The van der Waals surface area contributed by atoms with Crippen molar-refractivity contribution in [2.45, 2.75) is 12.3 Å². The smallest absolute Gasteiger partial charge is 0.312 e. The van der Waals surface area contributed by atoms with E-state index in [1.54, 1.807) is 24.3 Å². The third-order valence-corrected chi connectivity index (χ3v) is 5.68. The molecular weight excluding hydrogens is 428 g/mol. The van der Waals surface area contributed by atoms with Crippen molar-refractivity contribution >= 4 is 16.9 Å². The highest BCUT2D eigenvalue weighted by atomic mass is 16.5. The van der Waals surface area contributed by atoms with Crippen LogP contribution < -0.4 is 14.9 Å². The van der Waals surface area contributed by atoms with Gasteiger partial charge in [-0.2, -0.15) is 0 Å². The Kier molecular flexibility index (Phi) is 4.70. The van der Waals surface area contributed by atoms with Gasteiger partial charge in [-0.25, -0.2) is 0 Å². The average molecular weight is 446 g/mol. The Balaban J connectivity index is 1.80. The van der Waals surface area contributed by atoms with Crippen LogP contribution in [0, 0.1) is 0 Å². The summed E-state index contributed by atoms with van der Waals surface area (Å²) in [5, 5.41) is 30.0. The van der Waals surface area contributed by atoms with Gasteiger partial charge in [0.2, 0.25) is 0 Å². The highest BCUT2D eigenvalue weighted by molar-refractivity contribution is 5.93. The van der Waals surface area contributed by atoms with Crippen LogP contribution in [0.25, 0.3) is 22.3 Å². The fraction of sp³-hybridized carbons (Fsp3) is 0.120. The Labute approximate surface area is 186 Å². The van der Waals surface area contributed by atoms with Crippen molar-refractivity contribution in [3.8, 4) is 40.1 Å². The zero-order valence-electron chi connectivity index (χ0n) is 17.4. The van der Waals surface area contributed by atoms with E-state index in [2.05, 4.69) is 0 Å². The minimum atomic E-state index is -0.586. The van der Waals surface area contributed by atoms with Crippen LogP contribution >= 0.6 is 0 Å². The van der Waals surface area contributed by atoms with Gasteiger partial charge in [-0.3, -0.25) is 9.59 Å². The fourth-order valence-electron chi connectivity index (χ4n) is 4.12. The van der Waals surface area contributed by atoms with Crippen LogP contribution in [-0.4, -0.2) is 28.4 Å². The molecule has 1 aromatic heterocycles. The number of methoxy groups -OCH3 is 1. The third kappa shape index (κ3) is 3.41. The van der Waals surface area contributed by atoms with Crippen LogP contribution in [0.5, 0.6) is 28.7 Å². The van der Waals surface area contributed by atoms with Crippen LogP contribution in [0.1, 0.15) is 23.5 Å². The predicted molar refractivity (Wildman–Crippen MR) is 118 cm³/mol. The first kappa shape index (κ1) is 20.4. The molecule has 1 atom stereocenters. The number of benzene rings is 3. The molecule has 5 rings (SSSR count). The highest BCUT2D eigenvalue weighted by Gasteiger charge is 2.34. The van der Waals surface area contributed by atoms with E-state index in [1.807, 2.05) is 0 Å². The van der Waals surface area contributed by atoms with E-state index in [4.69, 9.17) is 13.9 Å². The molecule has 0 fully saturated rings. The van der Waals surface area contributed by atoms with Gasteiger partial charge in [0, 0.05) is 29.2 Å². The van der Waals surface area contributed by atoms with Crippen molar-refractivity contribution < 1.29 is 34.0 Å². The van der Waals surface area contributed by atoms with Crippen molar-refractivity contribution in [3.05, 3.63) is 75.9 Å². The Morgan fingerprint density at radius 3 is 2.42 bits per heavy atom. The zero-order chi connectivity index (χ0) is 23.3. The van der Waals surface area contributed by atoms with Crippen molar-refractivity contribution in [1.29, 1.82) is 0 Å². The van der Waals surface area contributed by atoms with E-state index in [0.29, 0.717) is 16.7 Å². The van der Waals surface area contributed by atoms with Gasteiger partial charge < -0.3 is 29.2 Å². The summed E-state index contributed by atoms with van der Waals surface area (Å²) in [5.74, 6) is -0.943. The lowest BCUT2D eigenvalue weighted by Crippen LogP contribution is -2.22. The van der Waals surface area contributed by atoms with Gasteiger partial charge in [0.25, 0.3) is 0 Å². The molecule has 1 aliphatic heterocycles. The second-order valence-electron chi connectivity index (χ2n) is 7.70. The molecule has 0 unspecified atom stereocenters. The lowest BCUT2D eigenvalue weighted by atomic mass is 9.85. The Hall–Kier alpha value is -4.46. The molecule has 3 N–H and O–H groups in total. The lowest BCUT2D eigenvalue weighted by Gasteiger charge is -2.26. The van der Waals surface area contributed by atoms with Gasteiger partial charge in [-0.05, 0) is 42.0 Å². The van der Waals surface area contributed by atoms with E-state index in [0.717, 1.165) is 0 Å². The average Bonchev–Trinajstić information content (AvgIpc) is 2.78. The van der Waals surface area contributed by atoms with E-state index in [1.165, 1.54) is 37.4 Å². The molecule has 3 aromatic carbocycles. The molecule has 2 heterocycles. The molecule has 0 saturated heterocycles. The summed E-state index contributed by atoms with van der Waals surface area (Å²) >= 11 is 0. The van der Waals surface area contributed by atoms with Crippen LogP contribution in [-0.2, 0) is 4.79 Å². The molecule has 4 aromatic rings. The summed E-state index contributed by atoms with van der Waals surface area (Å²) < 4.78 is 16.7. The summed E-state index contributed by atoms with van der Waals surface area (Å²) in [6.07, 6.45) is -0.0477. The van der Waals surface area contributed by atoms with E-state index in [9.17, 15) is 24.9 Å². The summed E-state index contributed by atoms with van der Waals surface area (Å²) in [5.41, 5.74) is 1.21. The number of phenols is 3. The van der Waals surface area contributed by atoms with Crippen molar-refractivity contribution in [2.75, 3.05) is 7.11 Å². The maximum absolute atomic E-state index is 13.0. The van der Waals surface area contributed by atoms with Gasteiger partial charge in [-0.1, -0.05) is 6.07 Å². The molecule has 0 bridgehead atoms. The van der Waals surface area contributed by atoms with Gasteiger partial charge >= 0.3 is 5.97 Å². The monoisotopic (exact) mass is 446 g/mol. The second-order valence-corrected chi connectivity index (χ2v) is 7.70. The molecule has 8 nitrogen and oxygen atoms in total. The molecule has 8 heteroatoms. The van der Waals surface area contributed by atoms with Gasteiger partial charge in [0.15, 0.2) is 16.9 Å². The molecule has 0 amide bonds. The highest BCUT2D eigenvalue weighted by Crippen LogP contribution is 2.47. The Morgan fingerprint density at radius 2 is 1.70 bits per heavy atom. The largest absolute Gasteiger partial charge is 0.508 e. The SMILES string of the molecule is COc1cc([C@H]2CC(=O)Oc3cc(O)c4c(=O)cc(-c5ccc(O)cc5)oc4c32)ccc1O. The maximum Gasteiger partial charge on any atom is 0.312 e. The molecule has 33 heavy (non-hydrogen) atoms. The minimum absolute atomic E-state index is 0.0371. The number of carbonyl (C=O) groups is 1. The number of ether oxygens (including phenoxy) is 2. The number of rotatable bonds is 3. The number of hydrogen-bond acceptors (Lipinski definition) is 8. The van der Waals surface area contributed by atoms with Gasteiger partial charge in [0.1, 0.15) is 34.0 Å². The minimum Gasteiger partial charge on any atom is -0.508 e. The summed E-state index contributed by atoms with van der Waals surface area (Å²) in [7, 11) is 1.42. The second kappa shape index (κ2) is 7.59. The fourth-order valence-corrected chi connectivity index (χ4v) is 4.12. The summed E-state index contributed by atoms with van der Waals surface area (Å²) in [6, 6.07) is 13.3.